The van der Waals surface area contributed by atoms with Crippen molar-refractivity contribution in [1.82, 2.24) is 15.0 Å². The highest BCUT2D eigenvalue weighted by Gasteiger charge is 2.24. The molecule has 0 N–H and O–H groups in total. The van der Waals surface area contributed by atoms with Crippen molar-refractivity contribution in [2.45, 2.75) is 18.9 Å². The molecule has 0 saturated carbocycles. The zero-order chi connectivity index (χ0) is 15.4. The van der Waals surface area contributed by atoms with Crippen LogP contribution in [0.4, 0.5) is 5.82 Å². The van der Waals surface area contributed by atoms with E-state index in [-0.39, 0.29) is 6.10 Å². The van der Waals surface area contributed by atoms with Crippen molar-refractivity contribution in [3.8, 4) is 11.9 Å². The van der Waals surface area contributed by atoms with E-state index in [4.69, 9.17) is 21.6 Å². The first-order chi connectivity index (χ1) is 10.8. The van der Waals surface area contributed by atoms with E-state index in [2.05, 4.69) is 21.0 Å². The summed E-state index contributed by atoms with van der Waals surface area (Å²) in [6.07, 6.45) is 6.58. The fourth-order valence-electron chi connectivity index (χ4n) is 2.47. The first-order valence-corrected chi connectivity index (χ1v) is 7.38. The third kappa shape index (κ3) is 3.26. The maximum Gasteiger partial charge on any atom is 0.213 e. The van der Waals surface area contributed by atoms with E-state index < -0.39 is 0 Å². The lowest BCUT2D eigenvalue weighted by molar-refractivity contribution is 0.172. The first kappa shape index (κ1) is 14.5. The van der Waals surface area contributed by atoms with E-state index in [0.717, 1.165) is 19.4 Å². The predicted octanol–water partition coefficient (Wildman–Crippen LogP) is 2.44. The Morgan fingerprint density at radius 3 is 2.91 bits per heavy atom. The molecule has 1 saturated heterocycles. The number of rotatable bonds is 3. The molecular weight excluding hydrogens is 302 g/mol. The maximum absolute atomic E-state index is 9.14. The van der Waals surface area contributed by atoms with Crippen LogP contribution in [0.25, 0.3) is 0 Å². The fraction of sp³-hybridized carbons (Fsp3) is 0.333. The number of ether oxygens (including phenoxy) is 1. The van der Waals surface area contributed by atoms with Crippen LogP contribution >= 0.6 is 11.6 Å². The molecule has 1 atom stereocenters. The summed E-state index contributed by atoms with van der Waals surface area (Å²) in [5, 5.41) is 9.72. The highest BCUT2D eigenvalue weighted by atomic mass is 35.5. The van der Waals surface area contributed by atoms with Crippen LogP contribution in [0.3, 0.4) is 0 Å². The molecule has 6 nitrogen and oxygen atoms in total. The molecule has 22 heavy (non-hydrogen) atoms. The van der Waals surface area contributed by atoms with Crippen LogP contribution in [0.1, 0.15) is 18.5 Å². The van der Waals surface area contributed by atoms with Crippen LogP contribution in [0.5, 0.6) is 5.88 Å². The van der Waals surface area contributed by atoms with E-state index in [1.54, 1.807) is 24.5 Å². The molecule has 3 heterocycles. The third-order valence-electron chi connectivity index (χ3n) is 3.45. The highest BCUT2D eigenvalue weighted by molar-refractivity contribution is 6.30. The lowest BCUT2D eigenvalue weighted by Crippen LogP contribution is -2.42. The molecule has 1 aliphatic rings. The van der Waals surface area contributed by atoms with Gasteiger partial charge < -0.3 is 9.64 Å². The van der Waals surface area contributed by atoms with Crippen molar-refractivity contribution >= 4 is 17.4 Å². The molecule has 112 valence electrons. The molecule has 0 aliphatic carbocycles. The molecule has 2 aromatic heterocycles. The standard InChI is InChI=1S/C15H14ClN5O/c16-11-3-4-14(20-9-11)22-12-2-1-7-21(10-12)15-13(8-17)18-5-6-19-15/h3-6,9,12H,1-2,7,10H2. The van der Waals surface area contributed by atoms with Crippen LogP contribution in [-0.4, -0.2) is 34.1 Å². The van der Waals surface area contributed by atoms with Crippen molar-refractivity contribution in [2.75, 3.05) is 18.0 Å². The molecule has 7 heteroatoms. The summed E-state index contributed by atoms with van der Waals surface area (Å²) in [6, 6.07) is 5.59. The van der Waals surface area contributed by atoms with Gasteiger partial charge in [-0.25, -0.2) is 15.0 Å². The minimum absolute atomic E-state index is 0.00373. The number of nitrogens with zero attached hydrogens (tertiary/aromatic N) is 5. The van der Waals surface area contributed by atoms with Crippen molar-refractivity contribution in [3.05, 3.63) is 41.4 Å². The Bertz CT molecular complexity index is 685. The van der Waals surface area contributed by atoms with Gasteiger partial charge in [-0.15, -0.1) is 0 Å². The third-order valence-corrected chi connectivity index (χ3v) is 3.67. The van der Waals surface area contributed by atoms with Gasteiger partial charge in [0, 0.05) is 31.2 Å². The summed E-state index contributed by atoms with van der Waals surface area (Å²) in [7, 11) is 0. The van der Waals surface area contributed by atoms with Gasteiger partial charge in [0.15, 0.2) is 11.5 Å². The zero-order valence-electron chi connectivity index (χ0n) is 11.8. The van der Waals surface area contributed by atoms with E-state index in [0.29, 0.717) is 29.0 Å². The van der Waals surface area contributed by atoms with Crippen LogP contribution in [0.15, 0.2) is 30.7 Å². The second kappa shape index (κ2) is 6.58. The minimum atomic E-state index is -0.00373. The monoisotopic (exact) mass is 315 g/mol. The Morgan fingerprint density at radius 2 is 2.14 bits per heavy atom. The summed E-state index contributed by atoms with van der Waals surface area (Å²) in [5.74, 6) is 1.17. The van der Waals surface area contributed by atoms with Gasteiger partial charge >= 0.3 is 0 Å². The predicted molar refractivity (Wildman–Crippen MR) is 81.9 cm³/mol. The van der Waals surface area contributed by atoms with Crippen molar-refractivity contribution in [2.24, 2.45) is 0 Å². The topological polar surface area (TPSA) is 74.9 Å². The SMILES string of the molecule is N#Cc1nccnc1N1CCCC(Oc2ccc(Cl)cn2)C1. The smallest absolute Gasteiger partial charge is 0.213 e. The van der Waals surface area contributed by atoms with E-state index in [9.17, 15) is 0 Å². The summed E-state index contributed by atoms with van der Waals surface area (Å²) >= 11 is 5.82. The molecule has 0 amide bonds. The van der Waals surface area contributed by atoms with Crippen molar-refractivity contribution < 1.29 is 4.74 Å². The van der Waals surface area contributed by atoms with E-state index >= 15 is 0 Å². The Morgan fingerprint density at radius 1 is 1.27 bits per heavy atom. The van der Waals surface area contributed by atoms with Crippen molar-refractivity contribution in [3.63, 3.8) is 0 Å². The molecule has 1 aliphatic heterocycles. The second-order valence-corrected chi connectivity index (χ2v) is 5.42. The second-order valence-electron chi connectivity index (χ2n) is 4.98. The van der Waals surface area contributed by atoms with Gasteiger partial charge in [0.25, 0.3) is 0 Å². The van der Waals surface area contributed by atoms with Gasteiger partial charge in [0.1, 0.15) is 12.2 Å². The molecule has 0 aromatic carbocycles. The average Bonchev–Trinajstić information content (AvgIpc) is 2.57. The summed E-state index contributed by atoms with van der Waals surface area (Å²) in [6.45, 7) is 1.49. The maximum atomic E-state index is 9.14. The van der Waals surface area contributed by atoms with E-state index in [1.807, 2.05) is 4.90 Å². The lowest BCUT2D eigenvalue weighted by Gasteiger charge is -2.33. The fourth-order valence-corrected chi connectivity index (χ4v) is 2.58. The first-order valence-electron chi connectivity index (χ1n) is 7.00. The largest absolute Gasteiger partial charge is 0.472 e. The van der Waals surface area contributed by atoms with Gasteiger partial charge in [-0.3, -0.25) is 0 Å². The van der Waals surface area contributed by atoms with E-state index in [1.165, 1.54) is 6.20 Å². The molecule has 2 aromatic rings. The highest BCUT2D eigenvalue weighted by Crippen LogP contribution is 2.22. The molecule has 1 fully saturated rings. The van der Waals surface area contributed by atoms with Crippen molar-refractivity contribution in [1.29, 1.82) is 5.26 Å². The Kier molecular flexibility index (Phi) is 4.35. The van der Waals surface area contributed by atoms with Crippen LogP contribution in [0, 0.1) is 11.3 Å². The summed E-state index contributed by atoms with van der Waals surface area (Å²) < 4.78 is 5.89. The normalized spacial score (nSPS) is 17.8. The molecule has 0 radical (unpaired) electrons. The molecule has 0 spiro atoms. The zero-order valence-corrected chi connectivity index (χ0v) is 12.6. The summed E-state index contributed by atoms with van der Waals surface area (Å²) in [5.41, 5.74) is 0.341. The summed E-state index contributed by atoms with van der Waals surface area (Å²) in [4.78, 5) is 14.5. The number of pyridine rings is 1. The van der Waals surface area contributed by atoms with Crippen LogP contribution in [-0.2, 0) is 0 Å². The van der Waals surface area contributed by atoms with Gasteiger partial charge in [0.2, 0.25) is 5.88 Å². The lowest BCUT2D eigenvalue weighted by atomic mass is 10.1. The molecular formula is C15H14ClN5O. The van der Waals surface area contributed by atoms with Crippen LogP contribution < -0.4 is 9.64 Å². The number of anilines is 1. The Labute approximate surface area is 133 Å². The van der Waals surface area contributed by atoms with Gasteiger partial charge in [-0.05, 0) is 18.9 Å². The molecule has 3 rings (SSSR count). The number of hydrogen-bond acceptors (Lipinski definition) is 6. The Hall–Kier alpha value is -2.39. The number of aromatic nitrogens is 3. The number of nitriles is 1. The van der Waals surface area contributed by atoms with Crippen LogP contribution in [0.2, 0.25) is 5.02 Å². The van der Waals surface area contributed by atoms with Gasteiger partial charge in [-0.1, -0.05) is 11.6 Å². The average molecular weight is 316 g/mol. The minimum Gasteiger partial charge on any atom is -0.472 e. The quantitative estimate of drug-likeness (QED) is 0.866. The molecule has 0 bridgehead atoms. The molecule has 1 unspecified atom stereocenters. The van der Waals surface area contributed by atoms with Gasteiger partial charge in [-0.2, -0.15) is 5.26 Å². The van der Waals surface area contributed by atoms with Gasteiger partial charge in [0.05, 0.1) is 11.6 Å². The number of hydrogen-bond donors (Lipinski definition) is 0. The Balaban J connectivity index is 1.71. The number of halogens is 1. The number of piperidine rings is 1.